The van der Waals surface area contributed by atoms with Gasteiger partial charge in [0, 0.05) is 13.6 Å². The van der Waals surface area contributed by atoms with E-state index in [1.807, 2.05) is 0 Å². The van der Waals surface area contributed by atoms with Gasteiger partial charge in [-0.05, 0) is 0 Å². The van der Waals surface area contributed by atoms with Crippen molar-refractivity contribution in [1.29, 1.82) is 0 Å². The summed E-state index contributed by atoms with van der Waals surface area (Å²) in [6, 6.07) is 0.0706. The van der Waals surface area contributed by atoms with Crippen LogP contribution in [0, 0.1) is 0 Å². The molecule has 4 nitrogen and oxygen atoms in total. The molecular formula is C6H12N2O2. The van der Waals surface area contributed by atoms with Gasteiger partial charge in [-0.1, -0.05) is 0 Å². The normalized spacial score (nSPS) is 27.2. The molecule has 1 heterocycles. The number of rotatable bonds is 1. The second-order valence-electron chi connectivity index (χ2n) is 2.41. The van der Waals surface area contributed by atoms with Crippen LogP contribution in [-0.2, 0) is 9.53 Å². The first kappa shape index (κ1) is 7.50. The van der Waals surface area contributed by atoms with Gasteiger partial charge in [-0.25, -0.2) is 0 Å². The van der Waals surface area contributed by atoms with Crippen LogP contribution in [0.4, 0.5) is 0 Å². The lowest BCUT2D eigenvalue weighted by Crippen LogP contribution is -2.50. The monoisotopic (exact) mass is 144 g/mol. The molecule has 1 saturated heterocycles. The summed E-state index contributed by atoms with van der Waals surface area (Å²) in [5.74, 6) is 0.0155. The van der Waals surface area contributed by atoms with E-state index in [2.05, 4.69) is 0 Å². The first-order chi connectivity index (χ1) is 4.75. The highest BCUT2D eigenvalue weighted by molar-refractivity contribution is 5.78. The standard InChI is InChI=1S/C6H12N2O2/c1-8-5(2-7)3-10-4-6(8)9/h5H,2-4,7H2,1H3/t5-/m0/s1. The molecule has 1 fully saturated rings. The second-order valence-corrected chi connectivity index (χ2v) is 2.41. The number of amides is 1. The van der Waals surface area contributed by atoms with Gasteiger partial charge in [0.05, 0.1) is 12.6 Å². The van der Waals surface area contributed by atoms with E-state index < -0.39 is 0 Å². The van der Waals surface area contributed by atoms with E-state index in [9.17, 15) is 4.79 Å². The molecule has 0 aliphatic carbocycles. The van der Waals surface area contributed by atoms with Crippen LogP contribution in [0.1, 0.15) is 0 Å². The summed E-state index contributed by atoms with van der Waals surface area (Å²) in [6.45, 7) is 1.24. The Hall–Kier alpha value is -0.610. The topological polar surface area (TPSA) is 55.6 Å². The van der Waals surface area contributed by atoms with Gasteiger partial charge < -0.3 is 15.4 Å². The number of likely N-dealkylation sites (N-methyl/N-ethyl adjacent to an activating group) is 1. The Balaban J connectivity index is 2.51. The number of carbonyl (C=O) groups excluding carboxylic acids is 1. The lowest BCUT2D eigenvalue weighted by molar-refractivity contribution is -0.145. The van der Waals surface area contributed by atoms with E-state index in [-0.39, 0.29) is 18.6 Å². The van der Waals surface area contributed by atoms with Crippen molar-refractivity contribution in [3.63, 3.8) is 0 Å². The summed E-state index contributed by atoms with van der Waals surface area (Å²) in [6.07, 6.45) is 0. The molecule has 10 heavy (non-hydrogen) atoms. The minimum Gasteiger partial charge on any atom is -0.369 e. The number of nitrogens with two attached hydrogens (primary N) is 1. The SMILES string of the molecule is CN1C(=O)COC[C@@H]1CN. The molecule has 1 amide bonds. The van der Waals surface area contributed by atoms with Crippen LogP contribution in [0.5, 0.6) is 0 Å². The van der Waals surface area contributed by atoms with Crippen molar-refractivity contribution in [2.24, 2.45) is 5.73 Å². The highest BCUT2D eigenvalue weighted by Gasteiger charge is 2.23. The summed E-state index contributed by atoms with van der Waals surface area (Å²) in [7, 11) is 1.75. The molecule has 0 bridgehead atoms. The van der Waals surface area contributed by atoms with E-state index in [0.29, 0.717) is 13.2 Å². The minimum absolute atomic E-state index is 0.0155. The maximum Gasteiger partial charge on any atom is 0.248 e. The summed E-state index contributed by atoms with van der Waals surface area (Å²) < 4.78 is 4.98. The highest BCUT2D eigenvalue weighted by Crippen LogP contribution is 2.02. The predicted molar refractivity (Wildman–Crippen MR) is 36.4 cm³/mol. The smallest absolute Gasteiger partial charge is 0.248 e. The molecule has 1 rings (SSSR count). The molecule has 0 spiro atoms. The minimum atomic E-state index is 0.0155. The molecule has 0 radical (unpaired) electrons. The van der Waals surface area contributed by atoms with Crippen molar-refractivity contribution < 1.29 is 9.53 Å². The number of hydrogen-bond acceptors (Lipinski definition) is 3. The molecule has 1 atom stereocenters. The Labute approximate surface area is 59.9 Å². The van der Waals surface area contributed by atoms with Crippen LogP contribution in [0.25, 0.3) is 0 Å². The lowest BCUT2D eigenvalue weighted by Gasteiger charge is -2.31. The molecule has 0 aromatic rings. The molecule has 58 valence electrons. The van der Waals surface area contributed by atoms with Crippen LogP contribution in [0.15, 0.2) is 0 Å². The number of morpholine rings is 1. The van der Waals surface area contributed by atoms with Gasteiger partial charge in [-0.3, -0.25) is 4.79 Å². The van der Waals surface area contributed by atoms with Crippen molar-refractivity contribution in [3.8, 4) is 0 Å². The first-order valence-electron chi connectivity index (χ1n) is 3.29. The van der Waals surface area contributed by atoms with Crippen LogP contribution >= 0.6 is 0 Å². The van der Waals surface area contributed by atoms with Crippen molar-refractivity contribution in [1.82, 2.24) is 4.90 Å². The Morgan fingerprint density at radius 3 is 3.10 bits per heavy atom. The summed E-state index contributed by atoms with van der Waals surface area (Å²) in [5.41, 5.74) is 5.38. The summed E-state index contributed by atoms with van der Waals surface area (Å²) in [4.78, 5) is 12.6. The first-order valence-corrected chi connectivity index (χ1v) is 3.29. The van der Waals surface area contributed by atoms with E-state index in [0.717, 1.165) is 0 Å². The van der Waals surface area contributed by atoms with Crippen molar-refractivity contribution >= 4 is 5.91 Å². The highest BCUT2D eigenvalue weighted by atomic mass is 16.5. The average Bonchev–Trinajstić information content (AvgIpc) is 1.95. The van der Waals surface area contributed by atoms with Crippen LogP contribution in [0.2, 0.25) is 0 Å². The summed E-state index contributed by atoms with van der Waals surface area (Å²) >= 11 is 0. The third-order valence-corrected chi connectivity index (χ3v) is 1.75. The number of carbonyl (C=O) groups is 1. The van der Waals surface area contributed by atoms with E-state index in [1.54, 1.807) is 11.9 Å². The van der Waals surface area contributed by atoms with E-state index in [4.69, 9.17) is 10.5 Å². The maximum absolute atomic E-state index is 10.9. The zero-order chi connectivity index (χ0) is 7.56. The van der Waals surface area contributed by atoms with Gasteiger partial charge in [0.25, 0.3) is 0 Å². The quantitative estimate of drug-likeness (QED) is 0.503. The Morgan fingerprint density at radius 2 is 2.60 bits per heavy atom. The third-order valence-electron chi connectivity index (χ3n) is 1.75. The fourth-order valence-corrected chi connectivity index (χ4v) is 0.926. The maximum atomic E-state index is 10.9. The third kappa shape index (κ3) is 1.27. The zero-order valence-corrected chi connectivity index (χ0v) is 6.04. The van der Waals surface area contributed by atoms with Gasteiger partial charge in [0.15, 0.2) is 0 Å². The van der Waals surface area contributed by atoms with Crippen LogP contribution in [-0.4, -0.2) is 43.7 Å². The molecular weight excluding hydrogens is 132 g/mol. The zero-order valence-electron chi connectivity index (χ0n) is 6.04. The van der Waals surface area contributed by atoms with Gasteiger partial charge in [-0.2, -0.15) is 0 Å². The van der Waals surface area contributed by atoms with E-state index >= 15 is 0 Å². The second kappa shape index (κ2) is 2.98. The fraction of sp³-hybridized carbons (Fsp3) is 0.833. The Bertz CT molecular complexity index is 138. The van der Waals surface area contributed by atoms with Gasteiger partial charge in [-0.15, -0.1) is 0 Å². The van der Waals surface area contributed by atoms with Gasteiger partial charge in [0.1, 0.15) is 6.61 Å². The molecule has 0 saturated carbocycles. The molecule has 4 heteroatoms. The lowest BCUT2D eigenvalue weighted by atomic mass is 10.2. The van der Waals surface area contributed by atoms with Crippen molar-refractivity contribution in [2.45, 2.75) is 6.04 Å². The molecule has 2 N–H and O–H groups in total. The van der Waals surface area contributed by atoms with Crippen LogP contribution < -0.4 is 5.73 Å². The molecule has 0 aromatic carbocycles. The Kier molecular flexibility index (Phi) is 2.24. The number of ether oxygens (including phenoxy) is 1. The number of nitrogens with zero attached hydrogens (tertiary/aromatic N) is 1. The van der Waals surface area contributed by atoms with E-state index in [1.165, 1.54) is 0 Å². The Morgan fingerprint density at radius 1 is 1.90 bits per heavy atom. The molecule has 1 aliphatic rings. The van der Waals surface area contributed by atoms with Gasteiger partial charge in [0.2, 0.25) is 5.91 Å². The molecule has 0 unspecified atom stereocenters. The predicted octanol–water partition coefficient (Wildman–Crippen LogP) is -1.20. The average molecular weight is 144 g/mol. The van der Waals surface area contributed by atoms with Crippen molar-refractivity contribution in [2.75, 3.05) is 26.8 Å². The fourth-order valence-electron chi connectivity index (χ4n) is 0.926. The summed E-state index contributed by atoms with van der Waals surface area (Å²) in [5, 5.41) is 0. The number of hydrogen-bond donors (Lipinski definition) is 1. The van der Waals surface area contributed by atoms with Crippen LogP contribution in [0.3, 0.4) is 0 Å². The van der Waals surface area contributed by atoms with Crippen molar-refractivity contribution in [3.05, 3.63) is 0 Å². The molecule has 0 aromatic heterocycles. The largest absolute Gasteiger partial charge is 0.369 e. The van der Waals surface area contributed by atoms with Gasteiger partial charge >= 0.3 is 0 Å². The molecule has 1 aliphatic heterocycles.